The van der Waals surface area contributed by atoms with E-state index in [-0.39, 0.29) is 5.91 Å². The lowest BCUT2D eigenvalue weighted by Gasteiger charge is -2.17. The average Bonchev–Trinajstić information content (AvgIpc) is 3.22. The van der Waals surface area contributed by atoms with E-state index in [2.05, 4.69) is 39.6 Å². The summed E-state index contributed by atoms with van der Waals surface area (Å²) in [6, 6.07) is 1.87. The van der Waals surface area contributed by atoms with Gasteiger partial charge in [0.25, 0.3) is 5.91 Å². The summed E-state index contributed by atoms with van der Waals surface area (Å²) >= 11 is 1.49. The summed E-state index contributed by atoms with van der Waals surface area (Å²) in [6.45, 7) is 9.57. The predicted molar refractivity (Wildman–Crippen MR) is 96.6 cm³/mol. The molecule has 0 atom stereocenters. The lowest BCUT2D eigenvalue weighted by atomic mass is 10.2. The van der Waals surface area contributed by atoms with Gasteiger partial charge < -0.3 is 9.73 Å². The summed E-state index contributed by atoms with van der Waals surface area (Å²) in [5.74, 6) is 1.77. The number of carbonyl (C=O) groups is 1. The molecule has 0 aliphatic heterocycles. The number of nitrogens with zero attached hydrogens (tertiary/aromatic N) is 5. The molecule has 0 aliphatic carbocycles. The molecule has 25 heavy (non-hydrogen) atoms. The summed E-state index contributed by atoms with van der Waals surface area (Å²) < 4.78 is 7.36. The Morgan fingerprint density at radius 3 is 2.72 bits per heavy atom. The molecule has 0 fully saturated rings. The molecular formula is C16H26N6O2S. The summed E-state index contributed by atoms with van der Waals surface area (Å²) in [6.07, 6.45) is 0.777. The van der Waals surface area contributed by atoms with Crippen molar-refractivity contribution >= 4 is 17.7 Å². The summed E-state index contributed by atoms with van der Waals surface area (Å²) in [5.41, 5.74) is 1.09. The number of hydrogen-bond acceptors (Lipinski definition) is 7. The molecule has 2 aromatic rings. The maximum absolute atomic E-state index is 12.3. The van der Waals surface area contributed by atoms with Crippen LogP contribution in [0.2, 0.25) is 0 Å². The van der Waals surface area contributed by atoms with Crippen molar-refractivity contribution in [2.75, 3.05) is 25.4 Å². The van der Waals surface area contributed by atoms with E-state index in [1.165, 1.54) is 11.8 Å². The highest BCUT2D eigenvalue weighted by atomic mass is 32.2. The molecule has 0 bridgehead atoms. The van der Waals surface area contributed by atoms with Crippen molar-refractivity contribution in [3.05, 3.63) is 23.2 Å². The number of rotatable bonds is 10. The van der Waals surface area contributed by atoms with Crippen LogP contribution in [0.4, 0.5) is 0 Å². The van der Waals surface area contributed by atoms with Crippen LogP contribution >= 0.6 is 11.8 Å². The van der Waals surface area contributed by atoms with Gasteiger partial charge in [-0.3, -0.25) is 9.69 Å². The number of tetrazole rings is 1. The molecule has 0 radical (unpaired) electrons. The number of aryl methyl sites for hydroxylation is 2. The van der Waals surface area contributed by atoms with Crippen LogP contribution in [0.3, 0.4) is 0 Å². The first-order valence-electron chi connectivity index (χ1n) is 8.56. The number of carbonyl (C=O) groups excluding carboxylic acids is 1. The standard InChI is InChI=1S/C16H26N6O2S/c1-5-13-12(11-22(6-2)7-3)10-14(24-13)15(23)17-8-9-25-16-18-19-20-21(16)4/h10H,5-9,11H2,1-4H3,(H,17,23). The number of thioether (sulfide) groups is 1. The van der Waals surface area contributed by atoms with Gasteiger partial charge in [0.2, 0.25) is 5.16 Å². The molecule has 0 aliphatic rings. The molecule has 1 N–H and O–H groups in total. The molecule has 2 heterocycles. The number of hydrogen-bond donors (Lipinski definition) is 1. The minimum absolute atomic E-state index is 0.183. The highest BCUT2D eigenvalue weighted by Crippen LogP contribution is 2.18. The van der Waals surface area contributed by atoms with Crippen LogP contribution in [0.15, 0.2) is 15.6 Å². The van der Waals surface area contributed by atoms with Gasteiger partial charge >= 0.3 is 0 Å². The first kappa shape index (κ1) is 19.5. The number of furan rings is 1. The van der Waals surface area contributed by atoms with Gasteiger partial charge in [0, 0.05) is 37.9 Å². The van der Waals surface area contributed by atoms with Crippen LogP contribution < -0.4 is 5.32 Å². The smallest absolute Gasteiger partial charge is 0.287 e. The van der Waals surface area contributed by atoms with E-state index in [9.17, 15) is 4.79 Å². The average molecular weight is 366 g/mol. The van der Waals surface area contributed by atoms with Crippen molar-refractivity contribution < 1.29 is 9.21 Å². The summed E-state index contributed by atoms with van der Waals surface area (Å²) in [5, 5.41) is 14.8. The van der Waals surface area contributed by atoms with Crippen molar-refractivity contribution in [3.63, 3.8) is 0 Å². The normalized spacial score (nSPS) is 11.2. The second-order valence-corrected chi connectivity index (χ2v) is 6.63. The van der Waals surface area contributed by atoms with Gasteiger partial charge in [-0.15, -0.1) is 5.10 Å². The maximum Gasteiger partial charge on any atom is 0.287 e. The largest absolute Gasteiger partial charge is 0.456 e. The molecule has 0 aromatic carbocycles. The van der Waals surface area contributed by atoms with Crippen molar-refractivity contribution in [1.29, 1.82) is 0 Å². The maximum atomic E-state index is 12.3. The number of amides is 1. The van der Waals surface area contributed by atoms with Crippen molar-refractivity contribution in [1.82, 2.24) is 30.4 Å². The van der Waals surface area contributed by atoms with E-state index >= 15 is 0 Å². The fourth-order valence-corrected chi connectivity index (χ4v) is 3.14. The van der Waals surface area contributed by atoms with Gasteiger partial charge in [-0.05, 0) is 29.6 Å². The van der Waals surface area contributed by atoms with E-state index in [1.807, 2.05) is 13.0 Å². The lowest BCUT2D eigenvalue weighted by molar-refractivity contribution is 0.0927. The van der Waals surface area contributed by atoms with Gasteiger partial charge in [-0.1, -0.05) is 32.5 Å². The molecule has 8 nitrogen and oxygen atoms in total. The Kier molecular flexibility index (Phi) is 7.45. The van der Waals surface area contributed by atoms with Gasteiger partial charge in [0.15, 0.2) is 5.76 Å². The Hall–Kier alpha value is -1.87. The highest BCUT2D eigenvalue weighted by Gasteiger charge is 2.17. The molecule has 2 aromatic heterocycles. The van der Waals surface area contributed by atoms with E-state index in [0.29, 0.717) is 18.1 Å². The van der Waals surface area contributed by atoms with Crippen LogP contribution in [0.5, 0.6) is 0 Å². The Labute approximate surface area is 152 Å². The third kappa shape index (κ3) is 5.30. The van der Waals surface area contributed by atoms with Crippen LogP contribution in [0.1, 0.15) is 42.6 Å². The van der Waals surface area contributed by atoms with Crippen molar-refractivity contribution in [2.24, 2.45) is 7.05 Å². The Bertz CT molecular complexity index is 680. The molecule has 0 unspecified atom stereocenters. The van der Waals surface area contributed by atoms with Crippen molar-refractivity contribution in [3.8, 4) is 0 Å². The zero-order chi connectivity index (χ0) is 18.2. The van der Waals surface area contributed by atoms with Gasteiger partial charge in [-0.25, -0.2) is 4.68 Å². The zero-order valence-corrected chi connectivity index (χ0v) is 16.1. The van der Waals surface area contributed by atoms with E-state index in [0.717, 1.165) is 42.5 Å². The third-order valence-corrected chi connectivity index (χ3v) is 4.94. The first-order chi connectivity index (χ1) is 12.1. The minimum atomic E-state index is -0.183. The molecule has 0 saturated carbocycles. The Morgan fingerprint density at radius 1 is 1.36 bits per heavy atom. The fraction of sp³-hybridized carbons (Fsp3) is 0.625. The first-order valence-corrected chi connectivity index (χ1v) is 9.54. The summed E-state index contributed by atoms with van der Waals surface area (Å²) in [7, 11) is 1.79. The topological polar surface area (TPSA) is 89.1 Å². The van der Waals surface area contributed by atoms with E-state index < -0.39 is 0 Å². The molecular weight excluding hydrogens is 340 g/mol. The number of aromatic nitrogens is 4. The molecule has 138 valence electrons. The third-order valence-electron chi connectivity index (χ3n) is 3.93. The van der Waals surface area contributed by atoms with Crippen LogP contribution in [-0.4, -0.2) is 56.4 Å². The van der Waals surface area contributed by atoms with Crippen LogP contribution in [0, 0.1) is 0 Å². The molecule has 1 amide bonds. The molecule has 2 rings (SSSR count). The monoisotopic (exact) mass is 366 g/mol. The molecule has 0 spiro atoms. The van der Waals surface area contributed by atoms with Gasteiger partial charge in [-0.2, -0.15) is 0 Å². The zero-order valence-electron chi connectivity index (χ0n) is 15.3. The Morgan fingerprint density at radius 2 is 2.12 bits per heavy atom. The SMILES string of the molecule is CCc1oc(C(=O)NCCSc2nnnn2C)cc1CN(CC)CC. The van der Waals surface area contributed by atoms with E-state index in [1.54, 1.807) is 11.7 Å². The fourth-order valence-electron chi connectivity index (χ4n) is 2.44. The quantitative estimate of drug-likeness (QED) is 0.506. The lowest BCUT2D eigenvalue weighted by Crippen LogP contribution is -2.25. The summed E-state index contributed by atoms with van der Waals surface area (Å²) in [4.78, 5) is 14.6. The predicted octanol–water partition coefficient (Wildman–Crippen LogP) is 1.73. The number of nitrogens with one attached hydrogen (secondary N) is 1. The van der Waals surface area contributed by atoms with Crippen LogP contribution in [-0.2, 0) is 20.0 Å². The van der Waals surface area contributed by atoms with Crippen molar-refractivity contribution in [2.45, 2.75) is 38.9 Å². The van der Waals surface area contributed by atoms with Gasteiger partial charge in [0.1, 0.15) is 5.76 Å². The molecule has 0 saturated heterocycles. The van der Waals surface area contributed by atoms with Crippen LogP contribution in [0.25, 0.3) is 0 Å². The Balaban J connectivity index is 1.88. The van der Waals surface area contributed by atoms with Gasteiger partial charge in [0.05, 0.1) is 0 Å². The highest BCUT2D eigenvalue weighted by molar-refractivity contribution is 7.99. The minimum Gasteiger partial charge on any atom is -0.456 e. The second-order valence-electron chi connectivity index (χ2n) is 5.56. The molecule has 9 heteroatoms. The van der Waals surface area contributed by atoms with E-state index in [4.69, 9.17) is 4.42 Å². The second kappa shape index (κ2) is 9.57.